The summed E-state index contributed by atoms with van der Waals surface area (Å²) in [5.74, 6) is -0.0361. The monoisotopic (exact) mass is 508 g/mol. The molecule has 172 valence electrons. The third kappa shape index (κ3) is 5.67. The zero-order valence-corrected chi connectivity index (χ0v) is 20.7. The summed E-state index contributed by atoms with van der Waals surface area (Å²) in [6.45, 7) is 1.71. The molecule has 8 heteroatoms. The molecule has 0 aliphatic heterocycles. The summed E-state index contributed by atoms with van der Waals surface area (Å²) in [4.78, 5) is 35.5. The number of halogens is 1. The second kappa shape index (κ2) is 10.9. The lowest BCUT2D eigenvalue weighted by molar-refractivity contribution is 0.0984. The Bertz CT molecular complexity index is 1340. The van der Waals surface area contributed by atoms with E-state index in [1.807, 2.05) is 35.7 Å². The number of benzene rings is 1. The highest BCUT2D eigenvalue weighted by atomic mass is 35.5. The highest BCUT2D eigenvalue weighted by Gasteiger charge is 2.17. The van der Waals surface area contributed by atoms with Crippen LogP contribution in [0, 0.1) is 0 Å². The molecular weight excluding hydrogens is 488 g/mol. The normalized spacial score (nSPS) is 11.5. The van der Waals surface area contributed by atoms with Crippen LogP contribution in [0.15, 0.2) is 71.2 Å². The van der Waals surface area contributed by atoms with Crippen molar-refractivity contribution in [3.63, 3.8) is 0 Å². The largest absolute Gasteiger partial charge is 0.506 e. The molecule has 0 radical (unpaired) electrons. The summed E-state index contributed by atoms with van der Waals surface area (Å²) in [6.07, 6.45) is 2.61. The Labute approximate surface area is 210 Å². The summed E-state index contributed by atoms with van der Waals surface area (Å²) < 4.78 is 0. The minimum absolute atomic E-state index is 0.00712. The van der Waals surface area contributed by atoms with Gasteiger partial charge in [0.1, 0.15) is 12.3 Å². The van der Waals surface area contributed by atoms with Crippen molar-refractivity contribution in [3.05, 3.63) is 92.2 Å². The number of nitrogens with zero attached hydrogens (tertiary/aromatic N) is 2. The van der Waals surface area contributed by atoms with Crippen LogP contribution in [-0.4, -0.2) is 33.9 Å². The van der Waals surface area contributed by atoms with Crippen molar-refractivity contribution in [2.75, 3.05) is 6.54 Å². The number of pyridine rings is 1. The maximum atomic E-state index is 12.6. The number of aliphatic imine (C=N–C) groups is 1. The Kier molecular flexibility index (Phi) is 7.67. The lowest BCUT2D eigenvalue weighted by Gasteiger charge is -2.02. The van der Waals surface area contributed by atoms with E-state index in [9.17, 15) is 14.7 Å². The van der Waals surface area contributed by atoms with Gasteiger partial charge in [-0.1, -0.05) is 29.8 Å². The van der Waals surface area contributed by atoms with Crippen molar-refractivity contribution in [1.29, 1.82) is 0 Å². The van der Waals surface area contributed by atoms with Gasteiger partial charge in [0, 0.05) is 40.0 Å². The zero-order chi connectivity index (χ0) is 24.1. The van der Waals surface area contributed by atoms with Crippen LogP contribution in [0.2, 0.25) is 5.02 Å². The lowest BCUT2D eigenvalue weighted by atomic mass is 10.1. The van der Waals surface area contributed by atoms with Crippen molar-refractivity contribution in [3.8, 4) is 16.2 Å². The number of aromatic nitrogens is 1. The number of aromatic hydroxyl groups is 1. The molecule has 0 atom stereocenters. The maximum absolute atomic E-state index is 12.6. The number of carbonyl (C=O) groups is 2. The summed E-state index contributed by atoms with van der Waals surface area (Å²) in [5.41, 5.74) is 2.90. The molecule has 34 heavy (non-hydrogen) atoms. The number of hydrogen-bond acceptors (Lipinski definition) is 7. The summed E-state index contributed by atoms with van der Waals surface area (Å²) in [7, 11) is 0. The predicted octanol–water partition coefficient (Wildman–Crippen LogP) is 6.74. The van der Waals surface area contributed by atoms with Crippen LogP contribution < -0.4 is 0 Å². The van der Waals surface area contributed by atoms with Gasteiger partial charge in [0.2, 0.25) is 0 Å². The van der Waals surface area contributed by atoms with Crippen LogP contribution in [0.5, 0.6) is 5.75 Å². The number of rotatable bonds is 9. The van der Waals surface area contributed by atoms with Gasteiger partial charge in [0.05, 0.1) is 14.6 Å². The molecule has 0 fully saturated rings. The second-order valence-corrected chi connectivity index (χ2v) is 9.97. The van der Waals surface area contributed by atoms with Gasteiger partial charge < -0.3 is 5.11 Å². The minimum Gasteiger partial charge on any atom is -0.506 e. The molecule has 3 heterocycles. The quantitative estimate of drug-likeness (QED) is 0.200. The van der Waals surface area contributed by atoms with Crippen LogP contribution >= 0.6 is 34.3 Å². The Morgan fingerprint density at radius 1 is 1.03 bits per heavy atom. The molecular formula is C26H21ClN2O3S2. The first-order chi connectivity index (χ1) is 16.4. The van der Waals surface area contributed by atoms with E-state index in [1.165, 1.54) is 22.7 Å². The fraction of sp³-hybridized carbons (Fsp3) is 0.154. The van der Waals surface area contributed by atoms with Crippen LogP contribution in [0.4, 0.5) is 0 Å². The summed E-state index contributed by atoms with van der Waals surface area (Å²) >= 11 is 8.54. The van der Waals surface area contributed by atoms with Gasteiger partial charge in [0.15, 0.2) is 11.6 Å². The molecule has 0 aliphatic carbocycles. The molecule has 5 nitrogen and oxygen atoms in total. The van der Waals surface area contributed by atoms with E-state index < -0.39 is 0 Å². The molecule has 3 aromatic heterocycles. The molecule has 0 spiro atoms. The maximum Gasteiger partial charge on any atom is 0.194 e. The van der Waals surface area contributed by atoms with Crippen LogP contribution in [0.3, 0.4) is 0 Å². The van der Waals surface area contributed by atoms with Crippen molar-refractivity contribution in [2.45, 2.75) is 19.8 Å². The zero-order valence-electron chi connectivity index (χ0n) is 18.3. The van der Waals surface area contributed by atoms with Crippen LogP contribution in [0.25, 0.3) is 10.4 Å². The highest BCUT2D eigenvalue weighted by molar-refractivity contribution is 7.16. The third-order valence-electron chi connectivity index (χ3n) is 5.21. The lowest BCUT2D eigenvalue weighted by Crippen LogP contribution is -2.04. The molecule has 0 bridgehead atoms. The van der Waals surface area contributed by atoms with Gasteiger partial charge in [-0.05, 0) is 55.3 Å². The molecule has 0 unspecified atom stereocenters. The van der Waals surface area contributed by atoms with Crippen LogP contribution in [-0.2, 0) is 6.42 Å². The standard InChI is InChI=1S/C26H21ClN2O3S2/c1-16(20-15-33-26(25(20)32)17-5-7-18(27)8-6-17)29-14-22(31)24-12-11-23(34-24)21(30)10-9-19-4-2-3-13-28-19/h2-8,11-13,15,32H,9-10,14H2,1H3. The Balaban J connectivity index is 1.39. The molecule has 0 saturated carbocycles. The van der Waals surface area contributed by atoms with Crippen molar-refractivity contribution in [1.82, 2.24) is 4.98 Å². The van der Waals surface area contributed by atoms with E-state index in [2.05, 4.69) is 9.98 Å². The van der Waals surface area contributed by atoms with Gasteiger partial charge in [-0.3, -0.25) is 19.6 Å². The SMILES string of the molecule is CC(=NCC(=O)c1ccc(C(=O)CCc2ccccn2)s1)c1csc(-c2ccc(Cl)cc2)c1O. The first-order valence-corrected chi connectivity index (χ1v) is 12.6. The molecule has 0 saturated heterocycles. The molecule has 0 aliphatic rings. The number of thiophene rings is 2. The molecule has 4 aromatic rings. The van der Waals surface area contributed by atoms with Gasteiger partial charge in [-0.25, -0.2) is 0 Å². The van der Waals surface area contributed by atoms with Gasteiger partial charge >= 0.3 is 0 Å². The van der Waals surface area contributed by atoms with E-state index >= 15 is 0 Å². The number of Topliss-reactive ketones (excluding diaryl/α,β-unsaturated/α-hetero) is 2. The average molecular weight is 509 g/mol. The first-order valence-electron chi connectivity index (χ1n) is 10.6. The van der Waals surface area contributed by atoms with Gasteiger partial charge in [-0.15, -0.1) is 22.7 Å². The summed E-state index contributed by atoms with van der Waals surface area (Å²) in [6, 6.07) is 16.2. The second-order valence-electron chi connectivity index (χ2n) is 7.57. The van der Waals surface area contributed by atoms with Crippen LogP contribution in [0.1, 0.15) is 43.9 Å². The minimum atomic E-state index is -0.166. The third-order valence-corrected chi connectivity index (χ3v) is 7.65. The molecule has 0 amide bonds. The van der Waals surface area contributed by atoms with E-state index in [0.29, 0.717) is 38.9 Å². The highest BCUT2D eigenvalue weighted by Crippen LogP contribution is 2.39. The molecule has 4 rings (SSSR count). The number of aryl methyl sites for hydroxylation is 1. The topological polar surface area (TPSA) is 79.6 Å². The van der Waals surface area contributed by atoms with Crippen molar-refractivity contribution in [2.24, 2.45) is 4.99 Å². The van der Waals surface area contributed by atoms with E-state index in [0.717, 1.165) is 16.1 Å². The Hall–Kier alpha value is -3.13. The van der Waals surface area contributed by atoms with Gasteiger partial charge in [0.25, 0.3) is 0 Å². The van der Waals surface area contributed by atoms with E-state index in [4.69, 9.17) is 11.6 Å². The number of ketones is 2. The van der Waals surface area contributed by atoms with Crippen molar-refractivity contribution >= 4 is 51.6 Å². The number of carbonyl (C=O) groups excluding carboxylic acids is 2. The van der Waals surface area contributed by atoms with E-state index in [-0.39, 0.29) is 23.9 Å². The Morgan fingerprint density at radius 2 is 1.76 bits per heavy atom. The van der Waals surface area contributed by atoms with Crippen molar-refractivity contribution < 1.29 is 14.7 Å². The number of hydrogen-bond donors (Lipinski definition) is 1. The fourth-order valence-corrected chi connectivity index (χ4v) is 5.36. The first kappa shape index (κ1) is 24.0. The van der Waals surface area contributed by atoms with E-state index in [1.54, 1.807) is 37.4 Å². The fourth-order valence-electron chi connectivity index (χ4n) is 3.32. The molecule has 1 aromatic carbocycles. The molecule has 1 N–H and O–H groups in total. The average Bonchev–Trinajstić information content (AvgIpc) is 3.49. The summed E-state index contributed by atoms with van der Waals surface area (Å²) in [5, 5.41) is 13.1. The van der Waals surface area contributed by atoms with Gasteiger partial charge in [-0.2, -0.15) is 0 Å². The predicted molar refractivity (Wildman–Crippen MR) is 139 cm³/mol. The Morgan fingerprint density at radius 3 is 2.47 bits per heavy atom. The smallest absolute Gasteiger partial charge is 0.194 e.